The van der Waals surface area contributed by atoms with E-state index in [4.69, 9.17) is 16.9 Å². The SMILES string of the molecule is CC(C#N)C(=O)CC1(C(=O)NCc2ccc(Nc3ccc(Cl)cc3C(F)(F)F)cn2)CC1. The molecule has 1 atom stereocenters. The molecular formula is C22H20ClF3N4O2. The normalized spacial score (nSPS) is 15.4. The summed E-state index contributed by atoms with van der Waals surface area (Å²) in [6, 6.07) is 8.45. The lowest BCUT2D eigenvalue weighted by atomic mass is 9.93. The first kappa shape index (κ1) is 23.5. The Bertz CT molecular complexity index is 1060. The first-order chi connectivity index (χ1) is 15.0. The number of carbonyl (C=O) groups is 2. The highest BCUT2D eigenvalue weighted by molar-refractivity contribution is 6.30. The smallest absolute Gasteiger partial charge is 0.354 e. The summed E-state index contributed by atoms with van der Waals surface area (Å²) in [6.45, 7) is 1.62. The number of hydrogen-bond acceptors (Lipinski definition) is 5. The predicted molar refractivity (Wildman–Crippen MR) is 112 cm³/mol. The van der Waals surface area contributed by atoms with Crippen LogP contribution in [0.25, 0.3) is 0 Å². The van der Waals surface area contributed by atoms with Crippen molar-refractivity contribution in [2.45, 2.75) is 38.9 Å². The van der Waals surface area contributed by atoms with E-state index in [1.54, 1.807) is 12.1 Å². The van der Waals surface area contributed by atoms with Gasteiger partial charge in [0.25, 0.3) is 0 Å². The first-order valence-electron chi connectivity index (χ1n) is 9.83. The fraction of sp³-hybridized carbons (Fsp3) is 0.364. The molecule has 10 heteroatoms. The number of nitrogens with zero attached hydrogens (tertiary/aromatic N) is 2. The van der Waals surface area contributed by atoms with Crippen molar-refractivity contribution in [3.63, 3.8) is 0 Å². The van der Waals surface area contributed by atoms with E-state index in [1.165, 1.54) is 25.3 Å². The van der Waals surface area contributed by atoms with E-state index in [0.717, 1.165) is 6.07 Å². The number of nitriles is 1. The van der Waals surface area contributed by atoms with E-state index in [2.05, 4.69) is 15.6 Å². The number of Topliss-reactive ketones (excluding diaryl/α,β-unsaturated/α-hetero) is 1. The number of alkyl halides is 3. The number of nitrogens with one attached hydrogen (secondary N) is 2. The Hall–Kier alpha value is -3.12. The van der Waals surface area contributed by atoms with Crippen LogP contribution in [0, 0.1) is 22.7 Å². The highest BCUT2D eigenvalue weighted by atomic mass is 35.5. The standard InChI is InChI=1S/C22H20ClF3N4O2/c1-13(10-27)19(31)9-21(6-7-21)20(32)29-11-15-3-4-16(12-28-15)30-18-5-2-14(23)8-17(18)22(24,25)26/h2-5,8,12-13,30H,6-7,9,11H2,1H3,(H,29,32). The maximum Gasteiger partial charge on any atom is 0.418 e. The number of halogens is 4. The van der Waals surface area contributed by atoms with Gasteiger partial charge in [-0.05, 0) is 50.1 Å². The van der Waals surface area contributed by atoms with Crippen LogP contribution >= 0.6 is 11.6 Å². The van der Waals surface area contributed by atoms with Crippen LogP contribution in [-0.2, 0) is 22.3 Å². The Kier molecular flexibility index (Phi) is 6.74. The number of aromatic nitrogens is 1. The van der Waals surface area contributed by atoms with Gasteiger partial charge in [-0.15, -0.1) is 0 Å². The van der Waals surface area contributed by atoms with Gasteiger partial charge >= 0.3 is 6.18 Å². The van der Waals surface area contributed by atoms with Crippen LogP contribution < -0.4 is 10.6 Å². The van der Waals surface area contributed by atoms with Gasteiger partial charge < -0.3 is 10.6 Å². The lowest BCUT2D eigenvalue weighted by molar-refractivity contribution is -0.137. The van der Waals surface area contributed by atoms with Gasteiger partial charge in [0.1, 0.15) is 5.92 Å². The number of pyridine rings is 1. The zero-order valence-electron chi connectivity index (χ0n) is 17.1. The van der Waals surface area contributed by atoms with E-state index in [0.29, 0.717) is 24.2 Å². The van der Waals surface area contributed by atoms with E-state index >= 15 is 0 Å². The summed E-state index contributed by atoms with van der Waals surface area (Å²) >= 11 is 5.69. The van der Waals surface area contributed by atoms with E-state index in [1.807, 2.05) is 6.07 Å². The zero-order chi connectivity index (χ0) is 23.5. The highest BCUT2D eigenvalue weighted by Gasteiger charge is 2.51. The van der Waals surface area contributed by atoms with Crippen molar-refractivity contribution >= 4 is 34.7 Å². The number of benzene rings is 1. The summed E-state index contributed by atoms with van der Waals surface area (Å²) in [7, 11) is 0. The Morgan fingerprint density at radius 3 is 2.56 bits per heavy atom. The van der Waals surface area contributed by atoms with E-state index in [9.17, 15) is 22.8 Å². The Morgan fingerprint density at radius 2 is 2.00 bits per heavy atom. The lowest BCUT2D eigenvalue weighted by Gasteiger charge is -2.16. The molecule has 2 aromatic rings. The van der Waals surface area contributed by atoms with Crippen LogP contribution in [0.3, 0.4) is 0 Å². The minimum atomic E-state index is -4.57. The van der Waals surface area contributed by atoms with Gasteiger partial charge in [0.05, 0.1) is 46.9 Å². The van der Waals surface area contributed by atoms with Crippen LogP contribution in [-0.4, -0.2) is 16.7 Å². The first-order valence-corrected chi connectivity index (χ1v) is 10.2. The molecule has 1 aromatic carbocycles. The summed E-state index contributed by atoms with van der Waals surface area (Å²) in [5.41, 5.74) is -0.967. The molecule has 0 spiro atoms. The molecule has 0 aliphatic heterocycles. The molecule has 0 bridgehead atoms. The molecule has 1 fully saturated rings. The van der Waals surface area contributed by atoms with Crippen molar-refractivity contribution in [2.75, 3.05) is 5.32 Å². The van der Waals surface area contributed by atoms with Crippen molar-refractivity contribution in [3.05, 3.63) is 52.8 Å². The third kappa shape index (κ3) is 5.56. The quantitative estimate of drug-likeness (QED) is 0.572. The average Bonchev–Trinajstić information content (AvgIpc) is 3.53. The molecule has 3 rings (SSSR count). The molecule has 1 amide bonds. The molecule has 1 aliphatic rings. The van der Waals surface area contributed by atoms with Crippen LogP contribution in [0.15, 0.2) is 36.5 Å². The number of carbonyl (C=O) groups excluding carboxylic acids is 2. The third-order valence-electron chi connectivity index (χ3n) is 5.35. The number of hydrogen-bond donors (Lipinski definition) is 2. The van der Waals surface area contributed by atoms with Gasteiger partial charge in [0, 0.05) is 11.4 Å². The minimum Gasteiger partial charge on any atom is -0.354 e. The molecule has 168 valence electrons. The van der Waals surface area contributed by atoms with Gasteiger partial charge in [-0.2, -0.15) is 18.4 Å². The van der Waals surface area contributed by atoms with Crippen LogP contribution in [0.1, 0.15) is 37.4 Å². The van der Waals surface area contributed by atoms with Crippen LogP contribution in [0.2, 0.25) is 5.02 Å². The van der Waals surface area contributed by atoms with Crippen molar-refractivity contribution in [1.29, 1.82) is 5.26 Å². The lowest BCUT2D eigenvalue weighted by Crippen LogP contribution is -2.34. The fourth-order valence-electron chi connectivity index (χ4n) is 3.17. The van der Waals surface area contributed by atoms with Gasteiger partial charge in [-0.25, -0.2) is 0 Å². The second-order valence-electron chi connectivity index (χ2n) is 7.81. The third-order valence-corrected chi connectivity index (χ3v) is 5.58. The van der Waals surface area contributed by atoms with Gasteiger partial charge in [-0.3, -0.25) is 14.6 Å². The molecule has 1 aromatic heterocycles. The molecule has 2 N–H and O–H groups in total. The monoisotopic (exact) mass is 464 g/mol. The van der Waals surface area contributed by atoms with Crippen LogP contribution in [0.4, 0.5) is 24.5 Å². The van der Waals surface area contributed by atoms with Gasteiger partial charge in [0.15, 0.2) is 5.78 Å². The number of ketones is 1. The summed E-state index contributed by atoms with van der Waals surface area (Å²) < 4.78 is 39.7. The van der Waals surface area contributed by atoms with E-state index in [-0.39, 0.29) is 35.4 Å². The van der Waals surface area contributed by atoms with Crippen molar-refractivity contribution in [1.82, 2.24) is 10.3 Å². The molecule has 32 heavy (non-hydrogen) atoms. The van der Waals surface area contributed by atoms with Gasteiger partial charge in [0.2, 0.25) is 5.91 Å². The Balaban J connectivity index is 1.60. The minimum absolute atomic E-state index is 0.0238. The molecule has 0 saturated heterocycles. The van der Waals surface area contributed by atoms with Crippen molar-refractivity contribution < 1.29 is 22.8 Å². The van der Waals surface area contributed by atoms with Crippen molar-refractivity contribution in [2.24, 2.45) is 11.3 Å². The maximum atomic E-state index is 13.2. The highest BCUT2D eigenvalue weighted by Crippen LogP contribution is 2.49. The summed E-state index contributed by atoms with van der Waals surface area (Å²) in [4.78, 5) is 28.7. The molecule has 1 saturated carbocycles. The molecule has 0 radical (unpaired) electrons. The molecule has 1 unspecified atom stereocenters. The van der Waals surface area contributed by atoms with E-state index < -0.39 is 23.1 Å². The zero-order valence-corrected chi connectivity index (χ0v) is 17.8. The Labute approximate surface area is 187 Å². The number of anilines is 2. The largest absolute Gasteiger partial charge is 0.418 e. The topological polar surface area (TPSA) is 94.9 Å². The predicted octanol–water partition coefficient (Wildman–Crippen LogP) is 5.01. The molecule has 1 aliphatic carbocycles. The second-order valence-corrected chi connectivity index (χ2v) is 8.24. The fourth-order valence-corrected chi connectivity index (χ4v) is 3.34. The molecular weight excluding hydrogens is 445 g/mol. The molecule has 1 heterocycles. The Morgan fingerprint density at radius 1 is 1.28 bits per heavy atom. The summed E-state index contributed by atoms with van der Waals surface area (Å²) in [5, 5.41) is 14.3. The van der Waals surface area contributed by atoms with Crippen molar-refractivity contribution in [3.8, 4) is 6.07 Å². The van der Waals surface area contributed by atoms with Gasteiger partial charge in [-0.1, -0.05) is 11.6 Å². The summed E-state index contributed by atoms with van der Waals surface area (Å²) in [6.07, 6.45) is -2.01. The maximum absolute atomic E-state index is 13.2. The number of amides is 1. The average molecular weight is 465 g/mol. The summed E-state index contributed by atoms with van der Waals surface area (Å²) in [5.74, 6) is -1.27. The number of rotatable bonds is 8. The van der Waals surface area contributed by atoms with Crippen LogP contribution in [0.5, 0.6) is 0 Å². The second kappa shape index (κ2) is 9.17. The molecule has 6 nitrogen and oxygen atoms in total.